The molecule has 0 amide bonds. The van der Waals surface area contributed by atoms with Crippen molar-refractivity contribution in [3.8, 4) is 0 Å². The molecular weight excluding hydrogens is 248 g/mol. The van der Waals surface area contributed by atoms with E-state index in [1.807, 2.05) is 11.8 Å². The van der Waals surface area contributed by atoms with Crippen LogP contribution < -0.4 is 10.6 Å². The van der Waals surface area contributed by atoms with Crippen LogP contribution in [0.25, 0.3) is 0 Å². The number of pyridine rings is 1. The Kier molecular flexibility index (Phi) is 4.16. The summed E-state index contributed by atoms with van der Waals surface area (Å²) < 4.78 is 5.56. The van der Waals surface area contributed by atoms with Gasteiger partial charge in [-0.05, 0) is 25.8 Å². The fourth-order valence-corrected chi connectivity index (χ4v) is 2.30. The quantitative estimate of drug-likeness (QED) is 0.656. The van der Waals surface area contributed by atoms with Gasteiger partial charge in [-0.1, -0.05) is 0 Å². The summed E-state index contributed by atoms with van der Waals surface area (Å²) in [5, 5.41) is 11.0. The standard InChI is InChI=1S/C12H18N4O3/c1-2-19-9-5-7-15(8-6-9)12-10(16(17)18)3-4-11(13)14-12/h3-4,9H,2,5-8H2,1H3,(H2,13,14). The summed E-state index contributed by atoms with van der Waals surface area (Å²) in [5.41, 5.74) is 5.63. The molecule has 2 heterocycles. The first-order chi connectivity index (χ1) is 9.11. The summed E-state index contributed by atoms with van der Waals surface area (Å²) in [6.45, 7) is 4.06. The van der Waals surface area contributed by atoms with E-state index in [-0.39, 0.29) is 11.8 Å². The van der Waals surface area contributed by atoms with Crippen LogP contribution >= 0.6 is 0 Å². The van der Waals surface area contributed by atoms with Crippen molar-refractivity contribution < 1.29 is 9.66 Å². The highest BCUT2D eigenvalue weighted by atomic mass is 16.6. The van der Waals surface area contributed by atoms with Crippen LogP contribution in [0.15, 0.2) is 12.1 Å². The van der Waals surface area contributed by atoms with Crippen molar-refractivity contribution in [2.75, 3.05) is 30.3 Å². The molecule has 1 aromatic rings. The number of nitro groups is 1. The van der Waals surface area contributed by atoms with E-state index in [2.05, 4.69) is 4.98 Å². The van der Waals surface area contributed by atoms with Gasteiger partial charge in [0, 0.05) is 25.8 Å². The number of aromatic nitrogens is 1. The predicted molar refractivity (Wildman–Crippen MR) is 72.2 cm³/mol. The van der Waals surface area contributed by atoms with E-state index in [1.54, 1.807) is 0 Å². The van der Waals surface area contributed by atoms with Gasteiger partial charge in [0.1, 0.15) is 5.82 Å². The molecule has 1 aliphatic rings. The molecule has 1 aromatic heterocycles. The van der Waals surface area contributed by atoms with E-state index in [0.29, 0.717) is 31.3 Å². The number of rotatable bonds is 4. The van der Waals surface area contributed by atoms with Crippen LogP contribution in [-0.4, -0.2) is 35.7 Å². The van der Waals surface area contributed by atoms with Crippen molar-refractivity contribution in [3.63, 3.8) is 0 Å². The molecule has 0 bridgehead atoms. The number of hydrogen-bond donors (Lipinski definition) is 1. The van der Waals surface area contributed by atoms with E-state index in [1.165, 1.54) is 12.1 Å². The number of piperidine rings is 1. The first-order valence-corrected chi connectivity index (χ1v) is 6.39. The van der Waals surface area contributed by atoms with Crippen LogP contribution in [0.1, 0.15) is 19.8 Å². The van der Waals surface area contributed by atoms with E-state index in [0.717, 1.165) is 12.8 Å². The number of nitrogens with two attached hydrogens (primary N) is 1. The van der Waals surface area contributed by atoms with Crippen LogP contribution in [0.5, 0.6) is 0 Å². The third-order valence-electron chi connectivity index (χ3n) is 3.22. The fourth-order valence-electron chi connectivity index (χ4n) is 2.30. The Balaban J connectivity index is 2.14. The van der Waals surface area contributed by atoms with Crippen molar-refractivity contribution in [3.05, 3.63) is 22.2 Å². The second-order valence-electron chi connectivity index (χ2n) is 4.48. The second-order valence-corrected chi connectivity index (χ2v) is 4.48. The molecule has 1 fully saturated rings. The molecule has 0 radical (unpaired) electrons. The van der Waals surface area contributed by atoms with Crippen molar-refractivity contribution in [2.24, 2.45) is 0 Å². The van der Waals surface area contributed by atoms with Crippen molar-refractivity contribution in [1.29, 1.82) is 0 Å². The Labute approximate surface area is 111 Å². The molecule has 2 rings (SSSR count). The number of ether oxygens (including phenoxy) is 1. The lowest BCUT2D eigenvalue weighted by Gasteiger charge is -2.32. The highest BCUT2D eigenvalue weighted by Crippen LogP contribution is 2.29. The average Bonchev–Trinajstić information content (AvgIpc) is 2.39. The summed E-state index contributed by atoms with van der Waals surface area (Å²) in [7, 11) is 0. The van der Waals surface area contributed by atoms with Gasteiger partial charge in [0.25, 0.3) is 0 Å². The van der Waals surface area contributed by atoms with Crippen LogP contribution in [0.2, 0.25) is 0 Å². The zero-order valence-electron chi connectivity index (χ0n) is 10.9. The van der Waals surface area contributed by atoms with Crippen molar-refractivity contribution >= 4 is 17.3 Å². The topological polar surface area (TPSA) is 94.5 Å². The normalized spacial score (nSPS) is 16.6. The molecule has 0 saturated carbocycles. The number of nitrogens with zero attached hydrogens (tertiary/aromatic N) is 3. The van der Waals surface area contributed by atoms with Crippen LogP contribution in [0.3, 0.4) is 0 Å². The molecule has 19 heavy (non-hydrogen) atoms. The number of anilines is 2. The lowest BCUT2D eigenvalue weighted by Crippen LogP contribution is -2.37. The van der Waals surface area contributed by atoms with Crippen LogP contribution in [0.4, 0.5) is 17.3 Å². The summed E-state index contributed by atoms with van der Waals surface area (Å²) >= 11 is 0. The molecule has 0 aromatic carbocycles. The molecule has 0 atom stereocenters. The second kappa shape index (κ2) is 5.83. The van der Waals surface area contributed by atoms with E-state index in [4.69, 9.17) is 10.5 Å². The third-order valence-corrected chi connectivity index (χ3v) is 3.22. The van der Waals surface area contributed by atoms with E-state index in [9.17, 15) is 10.1 Å². The first-order valence-electron chi connectivity index (χ1n) is 6.39. The minimum atomic E-state index is -0.420. The largest absolute Gasteiger partial charge is 0.384 e. The SMILES string of the molecule is CCOC1CCN(c2nc(N)ccc2[N+](=O)[O-])CC1. The third kappa shape index (κ3) is 3.11. The maximum absolute atomic E-state index is 11.0. The lowest BCUT2D eigenvalue weighted by atomic mass is 10.1. The molecule has 0 aliphatic carbocycles. The van der Waals surface area contributed by atoms with Gasteiger partial charge in [-0.3, -0.25) is 10.1 Å². The highest BCUT2D eigenvalue weighted by molar-refractivity contribution is 5.61. The van der Waals surface area contributed by atoms with Gasteiger partial charge in [0.15, 0.2) is 0 Å². The summed E-state index contributed by atoms with van der Waals surface area (Å²) in [6, 6.07) is 2.86. The Hall–Kier alpha value is -1.89. The van der Waals surface area contributed by atoms with Gasteiger partial charge < -0.3 is 15.4 Å². The summed E-state index contributed by atoms with van der Waals surface area (Å²) in [6.07, 6.45) is 1.93. The Morgan fingerprint density at radius 1 is 1.53 bits per heavy atom. The van der Waals surface area contributed by atoms with Crippen molar-refractivity contribution in [1.82, 2.24) is 4.98 Å². The monoisotopic (exact) mass is 266 g/mol. The smallest absolute Gasteiger partial charge is 0.311 e. The number of nitrogen functional groups attached to an aromatic ring is 1. The summed E-state index contributed by atoms with van der Waals surface area (Å²) in [4.78, 5) is 16.6. The Morgan fingerprint density at radius 3 is 2.79 bits per heavy atom. The molecule has 0 unspecified atom stereocenters. The minimum absolute atomic E-state index is 0.00376. The molecule has 104 valence electrons. The first kappa shape index (κ1) is 13.5. The Bertz CT molecular complexity index is 458. The van der Waals surface area contributed by atoms with Gasteiger partial charge in [-0.15, -0.1) is 0 Å². The van der Waals surface area contributed by atoms with Gasteiger partial charge in [-0.2, -0.15) is 0 Å². The lowest BCUT2D eigenvalue weighted by molar-refractivity contribution is -0.384. The van der Waals surface area contributed by atoms with Crippen LogP contribution in [0, 0.1) is 10.1 Å². The highest BCUT2D eigenvalue weighted by Gasteiger charge is 2.26. The minimum Gasteiger partial charge on any atom is -0.384 e. The average molecular weight is 266 g/mol. The fraction of sp³-hybridized carbons (Fsp3) is 0.583. The zero-order chi connectivity index (χ0) is 13.8. The summed E-state index contributed by atoms with van der Waals surface area (Å²) in [5.74, 6) is 0.660. The molecule has 7 heteroatoms. The van der Waals surface area contributed by atoms with Gasteiger partial charge >= 0.3 is 5.69 Å². The predicted octanol–water partition coefficient (Wildman–Crippen LogP) is 1.58. The zero-order valence-corrected chi connectivity index (χ0v) is 10.9. The maximum Gasteiger partial charge on any atom is 0.311 e. The molecular formula is C12H18N4O3. The van der Waals surface area contributed by atoms with E-state index >= 15 is 0 Å². The molecule has 1 saturated heterocycles. The Morgan fingerprint density at radius 2 is 2.21 bits per heavy atom. The maximum atomic E-state index is 11.0. The van der Waals surface area contributed by atoms with Gasteiger partial charge in [-0.25, -0.2) is 4.98 Å². The van der Waals surface area contributed by atoms with Crippen LogP contribution in [-0.2, 0) is 4.74 Å². The van der Waals surface area contributed by atoms with Crippen molar-refractivity contribution in [2.45, 2.75) is 25.9 Å². The molecule has 2 N–H and O–H groups in total. The number of hydrogen-bond acceptors (Lipinski definition) is 6. The van der Waals surface area contributed by atoms with Gasteiger partial charge in [0.2, 0.25) is 5.82 Å². The van der Waals surface area contributed by atoms with E-state index < -0.39 is 4.92 Å². The molecule has 0 spiro atoms. The van der Waals surface area contributed by atoms with Gasteiger partial charge in [0.05, 0.1) is 11.0 Å². The molecule has 1 aliphatic heterocycles. The molecule has 7 nitrogen and oxygen atoms in total.